The Morgan fingerprint density at radius 3 is 2.43 bits per heavy atom. The molecule has 2 aromatic rings. The number of fused-ring (bicyclic) bond motifs is 1. The predicted octanol–water partition coefficient (Wildman–Crippen LogP) is 5.27. The maximum atomic E-state index is 14.4. The third-order valence-corrected chi connectivity index (χ3v) is 10.8. The molecular weight excluding hydrogens is 648 g/mol. The van der Waals surface area contributed by atoms with E-state index in [2.05, 4.69) is 10.0 Å². The van der Waals surface area contributed by atoms with Crippen LogP contribution in [0, 0.1) is 5.92 Å². The lowest BCUT2D eigenvalue weighted by atomic mass is 9.96. The summed E-state index contributed by atoms with van der Waals surface area (Å²) in [7, 11) is -0.718. The van der Waals surface area contributed by atoms with E-state index in [1.54, 1.807) is 48.0 Å². The van der Waals surface area contributed by atoms with Crippen molar-refractivity contribution in [1.29, 1.82) is 0 Å². The molecule has 1 aliphatic carbocycles. The van der Waals surface area contributed by atoms with Gasteiger partial charge in [0, 0.05) is 44.4 Å². The average molecular weight is 703 g/mol. The summed E-state index contributed by atoms with van der Waals surface area (Å²) in [5.41, 5.74) is 0.365. The third-order valence-electron chi connectivity index (χ3n) is 9.41. The van der Waals surface area contributed by atoms with Crippen LogP contribution in [0.4, 0.5) is 10.5 Å². The van der Waals surface area contributed by atoms with Crippen LogP contribution in [-0.4, -0.2) is 100 Å². The van der Waals surface area contributed by atoms with Gasteiger partial charge in [0.2, 0.25) is 0 Å². The van der Waals surface area contributed by atoms with Crippen LogP contribution in [-0.2, 0) is 14.8 Å². The molecule has 0 unspecified atom stereocenters. The van der Waals surface area contributed by atoms with Crippen molar-refractivity contribution >= 4 is 27.6 Å². The number of benzene rings is 2. The summed E-state index contributed by atoms with van der Waals surface area (Å²) >= 11 is 0. The summed E-state index contributed by atoms with van der Waals surface area (Å²) < 4.78 is 46.9. The van der Waals surface area contributed by atoms with Gasteiger partial charge in [-0.25, -0.2) is 13.2 Å². The molecule has 0 spiro atoms. The number of sulfonamides is 1. The van der Waals surface area contributed by atoms with Gasteiger partial charge < -0.3 is 34.4 Å². The van der Waals surface area contributed by atoms with E-state index in [-0.39, 0.29) is 59.5 Å². The molecule has 1 aliphatic heterocycles. The van der Waals surface area contributed by atoms with Gasteiger partial charge in [0.15, 0.2) is 0 Å². The van der Waals surface area contributed by atoms with Gasteiger partial charge in [-0.1, -0.05) is 26.2 Å². The minimum atomic E-state index is -3.99. The zero-order valence-corrected chi connectivity index (χ0v) is 30.3. The van der Waals surface area contributed by atoms with Gasteiger partial charge in [0.25, 0.3) is 15.9 Å². The highest BCUT2D eigenvalue weighted by Crippen LogP contribution is 2.30. The Labute approximate surface area is 291 Å². The fourth-order valence-electron chi connectivity index (χ4n) is 6.30. The Hall–Kier alpha value is -3.55. The van der Waals surface area contributed by atoms with Gasteiger partial charge >= 0.3 is 6.03 Å². The van der Waals surface area contributed by atoms with Crippen LogP contribution in [0.2, 0.25) is 0 Å². The number of anilines is 1. The number of carbonyl (C=O) groups is 2. The minimum Gasteiger partial charge on any atom is -0.497 e. The van der Waals surface area contributed by atoms with Crippen molar-refractivity contribution in [1.82, 2.24) is 15.1 Å². The molecule has 3 amide bonds. The average Bonchev–Trinajstić information content (AvgIpc) is 3.09. The molecule has 4 atom stereocenters. The van der Waals surface area contributed by atoms with Crippen LogP contribution < -0.4 is 19.5 Å². The number of aliphatic hydroxyl groups excluding tert-OH is 1. The number of aliphatic hydroxyl groups is 1. The van der Waals surface area contributed by atoms with Crippen LogP contribution in [0.25, 0.3) is 0 Å². The first-order valence-electron chi connectivity index (χ1n) is 17.4. The lowest BCUT2D eigenvalue weighted by molar-refractivity contribution is -0.0123. The fraction of sp³-hybridized carbons (Fsp3) is 0.611. The predicted molar refractivity (Wildman–Crippen MR) is 189 cm³/mol. The highest BCUT2D eigenvalue weighted by Gasteiger charge is 2.31. The molecule has 0 saturated heterocycles. The molecule has 0 aromatic heterocycles. The molecule has 12 nitrogen and oxygen atoms in total. The molecule has 1 fully saturated rings. The number of carbonyl (C=O) groups excluding carboxylic acids is 2. The van der Waals surface area contributed by atoms with E-state index in [0.717, 1.165) is 38.5 Å². The van der Waals surface area contributed by atoms with Gasteiger partial charge in [-0.15, -0.1) is 0 Å². The van der Waals surface area contributed by atoms with E-state index in [1.807, 2.05) is 13.8 Å². The molecule has 1 heterocycles. The van der Waals surface area contributed by atoms with Crippen molar-refractivity contribution in [2.75, 3.05) is 45.2 Å². The highest BCUT2D eigenvalue weighted by molar-refractivity contribution is 7.92. The number of urea groups is 1. The topological polar surface area (TPSA) is 147 Å². The minimum absolute atomic E-state index is 0.0392. The van der Waals surface area contributed by atoms with E-state index >= 15 is 0 Å². The van der Waals surface area contributed by atoms with E-state index in [9.17, 15) is 23.1 Å². The number of hydrogen-bond donors (Lipinski definition) is 3. The Balaban J connectivity index is 1.61. The Kier molecular flexibility index (Phi) is 14.0. The smallest absolute Gasteiger partial charge is 0.317 e. The fourth-order valence-corrected chi connectivity index (χ4v) is 7.35. The summed E-state index contributed by atoms with van der Waals surface area (Å²) in [5.74, 6) is 0.222. The molecule has 2 aromatic carbocycles. The lowest BCUT2D eigenvalue weighted by Crippen LogP contribution is -2.50. The van der Waals surface area contributed by atoms with Gasteiger partial charge in [-0.3, -0.25) is 9.52 Å². The largest absolute Gasteiger partial charge is 0.497 e. The number of amides is 3. The van der Waals surface area contributed by atoms with Gasteiger partial charge in [-0.05, 0) is 88.4 Å². The van der Waals surface area contributed by atoms with Crippen molar-refractivity contribution in [3.05, 3.63) is 48.0 Å². The molecule has 0 bridgehead atoms. The molecule has 3 N–H and O–H groups in total. The van der Waals surface area contributed by atoms with Gasteiger partial charge in [0.1, 0.15) is 11.5 Å². The van der Waals surface area contributed by atoms with Crippen LogP contribution in [0.3, 0.4) is 0 Å². The molecule has 2 aliphatic rings. The third kappa shape index (κ3) is 10.7. The first-order chi connectivity index (χ1) is 23.4. The van der Waals surface area contributed by atoms with E-state index < -0.39 is 22.0 Å². The lowest BCUT2D eigenvalue weighted by Gasteiger charge is -2.36. The van der Waals surface area contributed by atoms with E-state index in [1.165, 1.54) is 31.7 Å². The van der Waals surface area contributed by atoms with Crippen LogP contribution >= 0.6 is 0 Å². The first kappa shape index (κ1) is 38.3. The second-order valence-corrected chi connectivity index (χ2v) is 15.1. The quantitative estimate of drug-likeness (QED) is 0.321. The second kappa shape index (κ2) is 17.9. The standard InChI is InChI=1S/C36H54N4O8S/c1-25-22-40(26(2)24-41)35(42)32-21-29(38-49(44,45)31-17-15-30(46-5)16-18-31)14-19-33(32)48-27(3)11-9-10-20-47-34(25)23-39(4)36(43)37-28-12-7-6-8-13-28/h14-19,21,25-28,34,38,41H,6-13,20,22-24H2,1-5H3,(H,37,43)/t25-,26+,27+,34+/m0/s1. The number of nitrogens with zero attached hydrogens (tertiary/aromatic N) is 2. The SMILES string of the molecule is COc1ccc(S(=O)(=O)Nc2ccc3c(c2)C(=O)N([C@H](C)CO)C[C@H](C)[C@@H](CN(C)C(=O)NC2CCCCC2)OCCCC[C@@H](C)O3)cc1. The van der Waals surface area contributed by atoms with Crippen molar-refractivity contribution in [3.63, 3.8) is 0 Å². The summed E-state index contributed by atoms with van der Waals surface area (Å²) in [6.07, 6.45) is 7.14. The Morgan fingerprint density at radius 2 is 1.76 bits per heavy atom. The molecule has 0 radical (unpaired) electrons. The number of likely N-dealkylation sites (N-methyl/N-ethyl adjacent to an activating group) is 1. The summed E-state index contributed by atoms with van der Waals surface area (Å²) in [6.45, 7) is 6.43. The van der Waals surface area contributed by atoms with Crippen LogP contribution in [0.15, 0.2) is 47.4 Å². The molecule has 1 saturated carbocycles. The summed E-state index contributed by atoms with van der Waals surface area (Å²) in [4.78, 5) is 30.8. The van der Waals surface area contributed by atoms with Crippen molar-refractivity contribution < 1.29 is 37.3 Å². The van der Waals surface area contributed by atoms with E-state index in [0.29, 0.717) is 31.1 Å². The monoisotopic (exact) mass is 702 g/mol. The molecule has 49 heavy (non-hydrogen) atoms. The number of ether oxygens (including phenoxy) is 3. The first-order valence-corrected chi connectivity index (χ1v) is 18.9. The number of hydrogen-bond acceptors (Lipinski definition) is 8. The van der Waals surface area contributed by atoms with Crippen molar-refractivity contribution in [2.24, 2.45) is 5.92 Å². The Bertz CT molecular complexity index is 1480. The zero-order valence-electron chi connectivity index (χ0n) is 29.5. The van der Waals surface area contributed by atoms with Crippen molar-refractivity contribution in [3.8, 4) is 11.5 Å². The molecule has 272 valence electrons. The Morgan fingerprint density at radius 1 is 1.06 bits per heavy atom. The van der Waals surface area contributed by atoms with Gasteiger partial charge in [-0.2, -0.15) is 0 Å². The summed E-state index contributed by atoms with van der Waals surface area (Å²) in [5, 5.41) is 13.4. The maximum absolute atomic E-state index is 14.4. The molecular formula is C36H54N4O8S. The molecule has 13 heteroatoms. The number of methoxy groups -OCH3 is 1. The van der Waals surface area contributed by atoms with Crippen molar-refractivity contribution in [2.45, 2.75) is 101 Å². The van der Waals surface area contributed by atoms with Crippen LogP contribution in [0.1, 0.15) is 82.5 Å². The highest BCUT2D eigenvalue weighted by atomic mass is 32.2. The second-order valence-electron chi connectivity index (χ2n) is 13.5. The molecule has 4 rings (SSSR count). The zero-order chi connectivity index (χ0) is 35.6. The van der Waals surface area contributed by atoms with E-state index in [4.69, 9.17) is 14.2 Å². The number of nitrogens with one attached hydrogen (secondary N) is 2. The maximum Gasteiger partial charge on any atom is 0.317 e. The summed E-state index contributed by atoms with van der Waals surface area (Å²) in [6, 6.07) is 10.1. The normalized spacial score (nSPS) is 22.2. The van der Waals surface area contributed by atoms with Gasteiger partial charge in [0.05, 0.1) is 42.4 Å². The number of rotatable bonds is 9. The van der Waals surface area contributed by atoms with Crippen LogP contribution in [0.5, 0.6) is 11.5 Å².